The minimum atomic E-state index is -1.29. The number of amides is 2. The van der Waals surface area contributed by atoms with Gasteiger partial charge in [-0.25, -0.2) is 0 Å². The van der Waals surface area contributed by atoms with Crippen LogP contribution in [0, 0.1) is 6.92 Å². The summed E-state index contributed by atoms with van der Waals surface area (Å²) in [5.74, 6) is -1.90. The van der Waals surface area contributed by atoms with E-state index in [9.17, 15) is 24.3 Å². The van der Waals surface area contributed by atoms with Gasteiger partial charge in [0.1, 0.15) is 18.1 Å². The second-order valence-electron chi connectivity index (χ2n) is 5.81. The molecule has 0 spiro atoms. The predicted molar refractivity (Wildman–Crippen MR) is 97.9 cm³/mol. The maximum atomic E-state index is 12.3. The van der Waals surface area contributed by atoms with Crippen LogP contribution in [0.3, 0.4) is 0 Å². The van der Waals surface area contributed by atoms with Crippen LogP contribution in [0.5, 0.6) is 0 Å². The first kappa shape index (κ1) is 19.4. The Morgan fingerprint density at radius 1 is 1.25 bits per heavy atom. The summed E-state index contributed by atoms with van der Waals surface area (Å²) >= 11 is 0.688. The molecular formula is C19H14NO7S-. The minimum absolute atomic E-state index is 0.0550. The molecule has 1 aromatic carbocycles. The normalized spacial score (nSPS) is 15.4. The summed E-state index contributed by atoms with van der Waals surface area (Å²) in [5.41, 5.74) is 1.11. The van der Waals surface area contributed by atoms with E-state index in [-0.39, 0.29) is 10.5 Å². The highest BCUT2D eigenvalue weighted by Gasteiger charge is 2.36. The molecule has 8 nitrogen and oxygen atoms in total. The number of methoxy groups -OCH3 is 1. The molecule has 1 fully saturated rings. The van der Waals surface area contributed by atoms with Gasteiger partial charge in [0, 0.05) is 17.2 Å². The number of carbonyl (C=O) groups excluding carboxylic acids is 4. The SMILES string of the molecule is COC(=O)CN1C(=O)S/C(=C/c2ccc(-c3cccc(C(=O)[O-])c3C)o2)C1=O. The molecule has 2 amide bonds. The number of aromatic carboxylic acids is 1. The molecule has 0 aliphatic carbocycles. The molecule has 1 aliphatic heterocycles. The van der Waals surface area contributed by atoms with Crippen molar-refractivity contribution in [3.8, 4) is 11.3 Å². The molecule has 2 aromatic rings. The van der Waals surface area contributed by atoms with E-state index in [1.807, 2.05) is 0 Å². The van der Waals surface area contributed by atoms with E-state index in [0.717, 1.165) is 4.90 Å². The Hall–Kier alpha value is -3.33. The Morgan fingerprint density at radius 3 is 2.68 bits per heavy atom. The number of thioether (sulfide) groups is 1. The number of hydrogen-bond acceptors (Lipinski definition) is 8. The Balaban J connectivity index is 1.87. The monoisotopic (exact) mass is 400 g/mol. The molecule has 1 aliphatic rings. The van der Waals surface area contributed by atoms with Crippen LogP contribution in [-0.2, 0) is 14.3 Å². The zero-order valence-electron chi connectivity index (χ0n) is 14.9. The first-order valence-electron chi connectivity index (χ1n) is 8.05. The number of ether oxygens (including phenoxy) is 1. The number of carboxylic acid groups (broad SMARTS) is 1. The highest BCUT2D eigenvalue weighted by atomic mass is 32.2. The first-order chi connectivity index (χ1) is 13.3. The third kappa shape index (κ3) is 3.70. The van der Waals surface area contributed by atoms with Crippen molar-refractivity contribution in [3.63, 3.8) is 0 Å². The van der Waals surface area contributed by atoms with Crippen LogP contribution in [0.1, 0.15) is 21.7 Å². The molecule has 28 heavy (non-hydrogen) atoms. The van der Waals surface area contributed by atoms with E-state index in [0.29, 0.717) is 34.4 Å². The molecule has 0 radical (unpaired) electrons. The summed E-state index contributed by atoms with van der Waals surface area (Å²) in [7, 11) is 1.17. The van der Waals surface area contributed by atoms with Gasteiger partial charge in [0.25, 0.3) is 11.1 Å². The second-order valence-corrected chi connectivity index (χ2v) is 6.80. The van der Waals surface area contributed by atoms with Crippen molar-refractivity contribution in [2.45, 2.75) is 6.92 Å². The number of hydrogen-bond donors (Lipinski definition) is 0. The minimum Gasteiger partial charge on any atom is -0.545 e. The van der Waals surface area contributed by atoms with Crippen LogP contribution in [0.15, 0.2) is 39.7 Å². The molecule has 2 heterocycles. The summed E-state index contributed by atoms with van der Waals surface area (Å²) in [4.78, 5) is 47.7. The molecule has 0 bridgehead atoms. The van der Waals surface area contributed by atoms with Gasteiger partial charge in [-0.05, 0) is 36.4 Å². The summed E-state index contributed by atoms with van der Waals surface area (Å²) < 4.78 is 10.2. The van der Waals surface area contributed by atoms with Crippen LogP contribution < -0.4 is 5.11 Å². The maximum Gasteiger partial charge on any atom is 0.325 e. The second kappa shape index (κ2) is 7.73. The van der Waals surface area contributed by atoms with Gasteiger partial charge in [-0.3, -0.25) is 19.3 Å². The lowest BCUT2D eigenvalue weighted by molar-refractivity contribution is -0.255. The fourth-order valence-corrected chi connectivity index (χ4v) is 3.48. The molecule has 144 valence electrons. The van der Waals surface area contributed by atoms with E-state index < -0.39 is 29.6 Å². The van der Waals surface area contributed by atoms with Gasteiger partial charge in [-0.2, -0.15) is 0 Å². The number of nitrogens with zero attached hydrogens (tertiary/aromatic N) is 1. The van der Waals surface area contributed by atoms with Crippen molar-refractivity contribution in [1.82, 2.24) is 4.90 Å². The van der Waals surface area contributed by atoms with Crippen molar-refractivity contribution in [2.24, 2.45) is 0 Å². The smallest absolute Gasteiger partial charge is 0.325 e. The van der Waals surface area contributed by atoms with Crippen molar-refractivity contribution in [1.29, 1.82) is 0 Å². The molecule has 0 N–H and O–H groups in total. The topological polar surface area (TPSA) is 117 Å². The van der Waals surface area contributed by atoms with Crippen molar-refractivity contribution in [3.05, 3.63) is 52.1 Å². The molecular weight excluding hydrogens is 386 g/mol. The summed E-state index contributed by atoms with van der Waals surface area (Å²) in [6, 6.07) is 7.94. The van der Waals surface area contributed by atoms with Crippen molar-refractivity contribution < 1.29 is 33.4 Å². The highest BCUT2D eigenvalue weighted by Crippen LogP contribution is 2.34. The number of rotatable bonds is 5. The zero-order valence-corrected chi connectivity index (χ0v) is 15.7. The molecule has 0 atom stereocenters. The largest absolute Gasteiger partial charge is 0.545 e. The number of carbonyl (C=O) groups is 4. The Kier molecular flexibility index (Phi) is 5.36. The number of furan rings is 1. The molecule has 0 saturated carbocycles. The van der Waals surface area contributed by atoms with E-state index in [1.165, 1.54) is 19.3 Å². The molecule has 0 unspecified atom stereocenters. The number of imide groups is 1. The maximum absolute atomic E-state index is 12.3. The quantitative estimate of drug-likeness (QED) is 0.551. The average molecular weight is 400 g/mol. The zero-order chi connectivity index (χ0) is 20.4. The molecule has 3 rings (SSSR count). The summed E-state index contributed by atoms with van der Waals surface area (Å²) in [6.07, 6.45) is 1.39. The third-order valence-corrected chi connectivity index (χ3v) is 5.02. The summed E-state index contributed by atoms with van der Waals surface area (Å²) in [5, 5.41) is 10.6. The van der Waals surface area contributed by atoms with Gasteiger partial charge in [0.15, 0.2) is 0 Å². The molecule has 1 saturated heterocycles. The van der Waals surface area contributed by atoms with Crippen LogP contribution in [0.25, 0.3) is 17.4 Å². The Morgan fingerprint density at radius 2 is 2.00 bits per heavy atom. The van der Waals surface area contributed by atoms with Crippen LogP contribution in [0.4, 0.5) is 4.79 Å². The molecule has 9 heteroatoms. The lowest BCUT2D eigenvalue weighted by Crippen LogP contribution is -2.34. The van der Waals surface area contributed by atoms with Crippen LogP contribution in [-0.4, -0.2) is 41.6 Å². The Labute approximate surface area is 163 Å². The molecule has 1 aromatic heterocycles. The van der Waals surface area contributed by atoms with Crippen LogP contribution in [0.2, 0.25) is 0 Å². The van der Waals surface area contributed by atoms with Crippen molar-refractivity contribution in [2.75, 3.05) is 13.7 Å². The van der Waals surface area contributed by atoms with Gasteiger partial charge >= 0.3 is 5.97 Å². The highest BCUT2D eigenvalue weighted by molar-refractivity contribution is 8.18. The predicted octanol–water partition coefficient (Wildman–Crippen LogP) is 1.83. The van der Waals surface area contributed by atoms with E-state index >= 15 is 0 Å². The fourth-order valence-electron chi connectivity index (χ4n) is 2.66. The van der Waals surface area contributed by atoms with E-state index in [4.69, 9.17) is 4.42 Å². The number of esters is 1. The van der Waals surface area contributed by atoms with Gasteiger partial charge in [0.2, 0.25) is 0 Å². The Bertz CT molecular complexity index is 1020. The first-order valence-corrected chi connectivity index (χ1v) is 8.87. The van der Waals surface area contributed by atoms with Gasteiger partial charge in [0.05, 0.1) is 18.0 Å². The van der Waals surface area contributed by atoms with Gasteiger partial charge in [-0.15, -0.1) is 0 Å². The average Bonchev–Trinajstić information content (AvgIpc) is 3.22. The standard InChI is InChI=1S/C19H15NO7S/c1-10-12(4-3-5-13(10)18(23)24)14-7-6-11(27-14)8-15-17(22)20(19(25)28-15)9-16(21)26-2/h3-8H,9H2,1-2H3,(H,23,24)/p-1/b15-8+. The van der Waals surface area contributed by atoms with Gasteiger partial charge < -0.3 is 19.1 Å². The lowest BCUT2D eigenvalue weighted by Gasteiger charge is -2.10. The van der Waals surface area contributed by atoms with Gasteiger partial charge in [-0.1, -0.05) is 18.2 Å². The van der Waals surface area contributed by atoms with Crippen molar-refractivity contribution >= 4 is 40.9 Å². The lowest BCUT2D eigenvalue weighted by atomic mass is 10.0. The van der Waals surface area contributed by atoms with E-state index in [2.05, 4.69) is 4.74 Å². The number of carboxylic acids is 1. The summed E-state index contributed by atoms with van der Waals surface area (Å²) in [6.45, 7) is 1.18. The van der Waals surface area contributed by atoms with Crippen LogP contribution >= 0.6 is 11.8 Å². The van der Waals surface area contributed by atoms with E-state index in [1.54, 1.807) is 31.2 Å². The fraction of sp³-hybridized carbons (Fsp3) is 0.158. The number of benzene rings is 1. The third-order valence-electron chi connectivity index (χ3n) is 4.11.